The molecule has 32 heavy (non-hydrogen) atoms. The Kier molecular flexibility index (Phi) is 6.92. The van der Waals surface area contributed by atoms with Gasteiger partial charge in [0.05, 0.1) is 30.9 Å². The predicted octanol–water partition coefficient (Wildman–Crippen LogP) is 3.16. The van der Waals surface area contributed by atoms with Crippen molar-refractivity contribution in [2.75, 3.05) is 24.9 Å². The van der Waals surface area contributed by atoms with E-state index in [1.54, 1.807) is 24.3 Å². The summed E-state index contributed by atoms with van der Waals surface area (Å²) in [7, 11) is 2.57. The first-order valence-electron chi connectivity index (χ1n) is 9.37. The van der Waals surface area contributed by atoms with Crippen molar-refractivity contribution in [1.82, 2.24) is 4.98 Å². The van der Waals surface area contributed by atoms with Gasteiger partial charge >= 0.3 is 11.9 Å². The first kappa shape index (κ1) is 22.2. The summed E-state index contributed by atoms with van der Waals surface area (Å²) in [5.74, 6) is -1.84. The number of hydrogen-bond donors (Lipinski definition) is 2. The van der Waals surface area contributed by atoms with Gasteiger partial charge in [0.15, 0.2) is 0 Å². The minimum Gasteiger partial charge on any atom is -0.465 e. The van der Waals surface area contributed by atoms with Gasteiger partial charge in [0.2, 0.25) is 0 Å². The molecule has 2 N–H and O–H groups in total. The van der Waals surface area contributed by atoms with Gasteiger partial charge in [-0.3, -0.25) is 14.6 Å². The van der Waals surface area contributed by atoms with Crippen LogP contribution in [-0.4, -0.2) is 43.0 Å². The fourth-order valence-corrected chi connectivity index (χ4v) is 2.68. The lowest BCUT2D eigenvalue weighted by atomic mass is 10.2. The highest BCUT2D eigenvalue weighted by atomic mass is 16.5. The van der Waals surface area contributed by atoms with E-state index >= 15 is 0 Å². The Hall–Kier alpha value is -4.53. The normalized spacial score (nSPS) is 10.1. The molecule has 3 rings (SSSR count). The summed E-state index contributed by atoms with van der Waals surface area (Å²) < 4.78 is 9.25. The molecule has 0 atom stereocenters. The first-order chi connectivity index (χ1) is 15.4. The van der Waals surface area contributed by atoms with Crippen LogP contribution in [0.15, 0.2) is 66.9 Å². The summed E-state index contributed by atoms with van der Waals surface area (Å²) in [6.07, 6.45) is 1.29. The third kappa shape index (κ3) is 5.33. The molecule has 0 saturated heterocycles. The monoisotopic (exact) mass is 433 g/mol. The zero-order chi connectivity index (χ0) is 23.1. The summed E-state index contributed by atoms with van der Waals surface area (Å²) in [6.45, 7) is 0. The number of methoxy groups -OCH3 is 2. The maximum Gasteiger partial charge on any atom is 0.337 e. The number of hydrogen-bond acceptors (Lipinski definition) is 7. The lowest BCUT2D eigenvalue weighted by Crippen LogP contribution is -2.16. The van der Waals surface area contributed by atoms with Crippen LogP contribution in [0.3, 0.4) is 0 Å². The average Bonchev–Trinajstić information content (AvgIpc) is 2.84. The van der Waals surface area contributed by atoms with Crippen molar-refractivity contribution in [1.29, 1.82) is 0 Å². The number of anilines is 2. The number of amides is 2. The van der Waals surface area contributed by atoms with E-state index in [1.807, 2.05) is 0 Å². The van der Waals surface area contributed by atoms with Crippen LogP contribution in [0.2, 0.25) is 0 Å². The van der Waals surface area contributed by atoms with Crippen molar-refractivity contribution < 1.29 is 28.7 Å². The Labute approximate surface area is 183 Å². The Morgan fingerprint density at radius 1 is 0.625 bits per heavy atom. The van der Waals surface area contributed by atoms with Gasteiger partial charge in [0.1, 0.15) is 5.69 Å². The standard InChI is InChI=1S/C23H19N3O6/c1-31-22(29)14-3-8-17(9-4-14)25-20(27)16-7-12-19(24-13-16)21(28)26-18-10-5-15(6-11-18)23(30)32-2/h3-13H,1-2H3,(H,25,27)(H,26,28). The summed E-state index contributed by atoms with van der Waals surface area (Å²) >= 11 is 0. The number of aromatic nitrogens is 1. The minimum absolute atomic E-state index is 0.112. The Morgan fingerprint density at radius 3 is 1.47 bits per heavy atom. The average molecular weight is 433 g/mol. The molecular weight excluding hydrogens is 414 g/mol. The maximum absolute atomic E-state index is 12.4. The summed E-state index contributed by atoms with van der Waals surface area (Å²) in [5.41, 5.74) is 2.05. The molecule has 0 aliphatic heterocycles. The van der Waals surface area contributed by atoms with E-state index in [-0.39, 0.29) is 11.3 Å². The van der Waals surface area contributed by atoms with Crippen LogP contribution >= 0.6 is 0 Å². The quantitative estimate of drug-likeness (QED) is 0.572. The van der Waals surface area contributed by atoms with E-state index in [9.17, 15) is 19.2 Å². The Bertz CT molecular complexity index is 1050. The molecule has 3 aromatic rings. The van der Waals surface area contributed by atoms with Crippen molar-refractivity contribution in [3.05, 3.63) is 89.2 Å². The molecule has 0 bridgehead atoms. The fourth-order valence-electron chi connectivity index (χ4n) is 2.68. The molecular formula is C23H19N3O6. The first-order valence-corrected chi connectivity index (χ1v) is 9.37. The Balaban J connectivity index is 1.61. The molecule has 9 heteroatoms. The number of ether oxygens (including phenoxy) is 2. The number of benzene rings is 2. The zero-order valence-electron chi connectivity index (χ0n) is 17.2. The van der Waals surface area contributed by atoms with Gasteiger partial charge in [-0.15, -0.1) is 0 Å². The highest BCUT2D eigenvalue weighted by Gasteiger charge is 2.12. The van der Waals surface area contributed by atoms with Crippen molar-refractivity contribution in [3.8, 4) is 0 Å². The topological polar surface area (TPSA) is 124 Å². The second-order valence-electron chi connectivity index (χ2n) is 6.48. The minimum atomic E-state index is -0.474. The van der Waals surface area contributed by atoms with E-state index < -0.39 is 23.8 Å². The van der Waals surface area contributed by atoms with Crippen LogP contribution in [0.5, 0.6) is 0 Å². The third-order valence-electron chi connectivity index (χ3n) is 4.39. The van der Waals surface area contributed by atoms with E-state index in [0.29, 0.717) is 22.5 Å². The molecule has 2 amide bonds. The molecule has 162 valence electrons. The van der Waals surface area contributed by atoms with Crippen LogP contribution in [0, 0.1) is 0 Å². The van der Waals surface area contributed by atoms with Crippen LogP contribution in [0.1, 0.15) is 41.6 Å². The molecule has 1 aromatic heterocycles. The van der Waals surface area contributed by atoms with E-state index in [4.69, 9.17) is 0 Å². The zero-order valence-corrected chi connectivity index (χ0v) is 17.2. The number of nitrogens with one attached hydrogen (secondary N) is 2. The van der Waals surface area contributed by atoms with Gasteiger partial charge < -0.3 is 20.1 Å². The molecule has 9 nitrogen and oxygen atoms in total. The lowest BCUT2D eigenvalue weighted by molar-refractivity contribution is 0.0592. The van der Waals surface area contributed by atoms with E-state index in [1.165, 1.54) is 56.8 Å². The van der Waals surface area contributed by atoms with Gasteiger partial charge in [-0.1, -0.05) is 0 Å². The molecule has 0 unspecified atom stereocenters. The van der Waals surface area contributed by atoms with Gasteiger partial charge in [-0.05, 0) is 60.7 Å². The number of carbonyl (C=O) groups is 4. The second-order valence-corrected chi connectivity index (χ2v) is 6.48. The van der Waals surface area contributed by atoms with Gasteiger partial charge in [0.25, 0.3) is 11.8 Å². The number of nitrogens with zero attached hydrogens (tertiary/aromatic N) is 1. The highest BCUT2D eigenvalue weighted by Crippen LogP contribution is 2.14. The Morgan fingerprint density at radius 2 is 1.06 bits per heavy atom. The van der Waals surface area contributed by atoms with Crippen molar-refractivity contribution >= 4 is 35.1 Å². The van der Waals surface area contributed by atoms with Gasteiger partial charge in [-0.2, -0.15) is 0 Å². The molecule has 2 aromatic carbocycles. The number of pyridine rings is 1. The maximum atomic E-state index is 12.4. The molecule has 0 fully saturated rings. The van der Waals surface area contributed by atoms with Crippen LogP contribution in [0.25, 0.3) is 0 Å². The summed E-state index contributed by atoms with van der Waals surface area (Å²) in [4.78, 5) is 51.7. The molecule has 1 heterocycles. The second kappa shape index (κ2) is 9.98. The van der Waals surface area contributed by atoms with Crippen LogP contribution in [-0.2, 0) is 9.47 Å². The van der Waals surface area contributed by atoms with Crippen LogP contribution in [0.4, 0.5) is 11.4 Å². The fraction of sp³-hybridized carbons (Fsp3) is 0.0870. The van der Waals surface area contributed by atoms with Crippen molar-refractivity contribution in [3.63, 3.8) is 0 Å². The van der Waals surface area contributed by atoms with E-state index in [0.717, 1.165) is 0 Å². The lowest BCUT2D eigenvalue weighted by Gasteiger charge is -2.08. The smallest absolute Gasteiger partial charge is 0.337 e. The number of rotatable bonds is 6. The van der Waals surface area contributed by atoms with Crippen molar-refractivity contribution in [2.45, 2.75) is 0 Å². The summed E-state index contributed by atoms with van der Waals surface area (Å²) in [6, 6.07) is 15.3. The van der Waals surface area contributed by atoms with Crippen LogP contribution < -0.4 is 10.6 Å². The molecule has 0 aliphatic rings. The van der Waals surface area contributed by atoms with Gasteiger partial charge in [-0.25, -0.2) is 9.59 Å². The van der Waals surface area contributed by atoms with Crippen molar-refractivity contribution in [2.24, 2.45) is 0 Å². The molecule has 0 radical (unpaired) electrons. The molecule has 0 aliphatic carbocycles. The SMILES string of the molecule is COC(=O)c1ccc(NC(=O)c2ccc(C(=O)Nc3ccc(C(=O)OC)cc3)nc2)cc1. The predicted molar refractivity (Wildman–Crippen MR) is 116 cm³/mol. The third-order valence-corrected chi connectivity index (χ3v) is 4.39. The summed E-state index contributed by atoms with van der Waals surface area (Å²) in [5, 5.41) is 5.34. The largest absolute Gasteiger partial charge is 0.465 e. The van der Waals surface area contributed by atoms with Gasteiger partial charge in [0, 0.05) is 17.6 Å². The number of esters is 2. The molecule has 0 spiro atoms. The highest BCUT2D eigenvalue weighted by molar-refractivity contribution is 6.06. The number of carbonyl (C=O) groups excluding carboxylic acids is 4. The van der Waals surface area contributed by atoms with E-state index in [2.05, 4.69) is 25.1 Å². The molecule has 0 saturated carbocycles.